The molecule has 16 heteroatoms. The number of hydrogen-bond acceptors (Lipinski definition) is 10. The number of benzene rings is 2. The van der Waals surface area contributed by atoms with Crippen molar-refractivity contribution in [3.8, 4) is 0 Å². The van der Waals surface area contributed by atoms with Gasteiger partial charge in [-0.25, -0.2) is 23.2 Å². The highest BCUT2D eigenvalue weighted by Crippen LogP contribution is 2.38. The number of imide groups is 1. The first-order chi connectivity index (χ1) is 26.1. The molecule has 2 aromatic heterocycles. The predicted molar refractivity (Wildman–Crippen MR) is 208 cm³/mol. The maximum atomic E-state index is 13.7. The average Bonchev–Trinajstić information content (AvgIpc) is 3.51. The van der Waals surface area contributed by atoms with Crippen LogP contribution in [0.3, 0.4) is 0 Å². The van der Waals surface area contributed by atoms with E-state index in [9.17, 15) is 18.0 Å². The Hall–Kier alpha value is -4.31. The molecule has 5 heterocycles. The van der Waals surface area contributed by atoms with E-state index < -0.39 is 16.1 Å². The second-order valence-electron chi connectivity index (χ2n) is 15.0. The van der Waals surface area contributed by atoms with Gasteiger partial charge in [0.25, 0.3) is 0 Å². The summed E-state index contributed by atoms with van der Waals surface area (Å²) in [6.07, 6.45) is 9.36. The molecule has 2 aromatic carbocycles. The first kappa shape index (κ1) is 36.7. The van der Waals surface area contributed by atoms with Crippen LogP contribution < -0.4 is 20.4 Å². The van der Waals surface area contributed by atoms with Crippen LogP contribution in [-0.4, -0.2) is 108 Å². The lowest BCUT2D eigenvalue weighted by Crippen LogP contribution is -2.49. The molecule has 2 N–H and O–H groups in total. The number of anilines is 3. The molecule has 8 rings (SSSR count). The summed E-state index contributed by atoms with van der Waals surface area (Å²) in [7, 11) is -1.71. The molecule has 0 spiro atoms. The van der Waals surface area contributed by atoms with E-state index in [0.717, 1.165) is 62.2 Å². The molecule has 1 saturated carbocycles. The molecule has 0 atom stereocenters. The number of nitrogens with one attached hydrogen (secondary N) is 2. The van der Waals surface area contributed by atoms with Gasteiger partial charge in [0, 0.05) is 82.9 Å². The maximum Gasteiger partial charge on any atom is 0.329 e. The van der Waals surface area contributed by atoms with Crippen molar-refractivity contribution in [3.63, 3.8) is 0 Å². The molecule has 4 aliphatic rings. The number of urea groups is 1. The van der Waals surface area contributed by atoms with Gasteiger partial charge in [0.05, 0.1) is 27.8 Å². The number of piperazine rings is 1. The van der Waals surface area contributed by atoms with Gasteiger partial charge >= 0.3 is 6.03 Å². The Balaban J connectivity index is 0.808. The van der Waals surface area contributed by atoms with Gasteiger partial charge in [0.1, 0.15) is 0 Å². The van der Waals surface area contributed by atoms with Gasteiger partial charge in [0.15, 0.2) is 5.82 Å². The van der Waals surface area contributed by atoms with Gasteiger partial charge in [0.2, 0.25) is 21.9 Å². The molecular weight excluding hydrogens is 728 g/mol. The van der Waals surface area contributed by atoms with Gasteiger partial charge in [-0.3, -0.25) is 24.6 Å². The van der Waals surface area contributed by atoms with Gasteiger partial charge < -0.3 is 10.2 Å². The maximum absolute atomic E-state index is 13.7. The lowest BCUT2D eigenvalue weighted by atomic mass is 9.78. The molecule has 0 bridgehead atoms. The van der Waals surface area contributed by atoms with Crippen molar-refractivity contribution in [2.75, 3.05) is 67.5 Å². The SMILES string of the molecule is Cn1nc(N2CCC(=O)NC2=O)c2ccc(C3CCC(CN4CCN(c5cccc(S(=O)(=O)N6CCC(Nc7ncc(Cl)cn7)CC6)c5)CC4)CC3)cc21. The van der Waals surface area contributed by atoms with E-state index in [-0.39, 0.29) is 18.4 Å². The number of hydrogen-bond donors (Lipinski definition) is 2. The van der Waals surface area contributed by atoms with Gasteiger partial charge in [-0.05, 0) is 86.3 Å². The second-order valence-corrected chi connectivity index (χ2v) is 17.4. The van der Waals surface area contributed by atoms with Crippen LogP contribution in [0.5, 0.6) is 0 Å². The molecule has 3 amide bonds. The zero-order valence-electron chi connectivity index (χ0n) is 30.5. The molecule has 3 saturated heterocycles. The molecule has 286 valence electrons. The molecule has 4 fully saturated rings. The smallest absolute Gasteiger partial charge is 0.329 e. The summed E-state index contributed by atoms with van der Waals surface area (Å²) in [5.74, 6) is 2.00. The minimum absolute atomic E-state index is 0.0972. The highest BCUT2D eigenvalue weighted by molar-refractivity contribution is 7.89. The van der Waals surface area contributed by atoms with Crippen molar-refractivity contribution in [2.45, 2.75) is 61.8 Å². The fraction of sp³-hybridized carbons (Fsp3) is 0.500. The summed E-state index contributed by atoms with van der Waals surface area (Å²) in [4.78, 5) is 39.3. The van der Waals surface area contributed by atoms with E-state index in [0.29, 0.717) is 66.0 Å². The van der Waals surface area contributed by atoms with E-state index in [4.69, 9.17) is 11.6 Å². The zero-order chi connectivity index (χ0) is 37.4. The Bertz CT molecular complexity index is 2110. The van der Waals surface area contributed by atoms with E-state index in [1.807, 2.05) is 29.9 Å². The van der Waals surface area contributed by atoms with Crippen molar-refractivity contribution in [3.05, 3.63) is 65.4 Å². The number of fused-ring (bicyclic) bond motifs is 1. The summed E-state index contributed by atoms with van der Waals surface area (Å²) in [5, 5.41) is 11.7. The standard InChI is InChI=1S/C38H47ClN10O4S/c1-45-34-21-28(9-10-33(34)36(44-45)49-16-13-35(50)43-38(49)51)27-7-5-26(6-8-27)25-46-17-19-47(20-18-46)31-3-2-4-32(22-31)54(52,53)48-14-11-30(12-15-48)42-37-40-23-29(39)24-41-37/h2-4,9-10,21-24,26-27,30H,5-8,11-20,25H2,1H3,(H,40,41,42)(H,43,50,51). The highest BCUT2D eigenvalue weighted by Gasteiger charge is 2.32. The molecule has 54 heavy (non-hydrogen) atoms. The highest BCUT2D eigenvalue weighted by atomic mass is 35.5. The Morgan fingerprint density at radius 1 is 0.889 bits per heavy atom. The number of piperidine rings is 1. The molecule has 0 radical (unpaired) electrons. The van der Waals surface area contributed by atoms with Crippen LogP contribution in [0.15, 0.2) is 59.8 Å². The summed E-state index contributed by atoms with van der Waals surface area (Å²) in [5.41, 5.74) is 3.27. The van der Waals surface area contributed by atoms with Crippen molar-refractivity contribution >= 4 is 61.9 Å². The van der Waals surface area contributed by atoms with Gasteiger partial charge in [-0.1, -0.05) is 23.7 Å². The summed E-state index contributed by atoms with van der Waals surface area (Å²) >= 11 is 5.89. The van der Waals surface area contributed by atoms with E-state index in [2.05, 4.69) is 53.7 Å². The average molecular weight is 775 g/mol. The third-order valence-corrected chi connectivity index (χ3v) is 13.7. The number of aryl methyl sites for hydroxylation is 1. The molecule has 3 aliphatic heterocycles. The summed E-state index contributed by atoms with van der Waals surface area (Å²) in [6.45, 7) is 5.93. The molecule has 0 unspecified atom stereocenters. The van der Waals surface area contributed by atoms with Gasteiger partial charge in [-0.15, -0.1) is 0 Å². The Labute approximate surface area is 320 Å². The number of aromatic nitrogens is 4. The largest absolute Gasteiger partial charge is 0.369 e. The van der Waals surface area contributed by atoms with Crippen molar-refractivity contribution in [1.82, 2.24) is 34.3 Å². The molecule has 1 aliphatic carbocycles. The zero-order valence-corrected chi connectivity index (χ0v) is 32.1. The monoisotopic (exact) mass is 774 g/mol. The summed E-state index contributed by atoms with van der Waals surface area (Å²) < 4.78 is 30.8. The first-order valence-corrected chi connectivity index (χ1v) is 20.8. The van der Waals surface area contributed by atoms with Crippen molar-refractivity contribution in [1.29, 1.82) is 0 Å². The Kier molecular flexibility index (Phi) is 10.5. The number of amides is 3. The second kappa shape index (κ2) is 15.4. The first-order valence-electron chi connectivity index (χ1n) is 19.0. The molecule has 4 aromatic rings. The van der Waals surface area contributed by atoms with Crippen LogP contribution >= 0.6 is 11.6 Å². The number of sulfonamides is 1. The van der Waals surface area contributed by atoms with E-state index in [1.165, 1.54) is 18.4 Å². The van der Waals surface area contributed by atoms with Crippen LogP contribution in [0, 0.1) is 5.92 Å². The van der Waals surface area contributed by atoms with Crippen LogP contribution in [0.25, 0.3) is 10.9 Å². The third kappa shape index (κ3) is 7.77. The number of carbonyl (C=O) groups is 2. The number of carbonyl (C=O) groups excluding carboxylic acids is 2. The lowest BCUT2D eigenvalue weighted by molar-refractivity contribution is -0.120. The number of rotatable bonds is 9. The predicted octanol–water partition coefficient (Wildman–Crippen LogP) is 4.82. The molecule has 14 nitrogen and oxygen atoms in total. The lowest BCUT2D eigenvalue weighted by Gasteiger charge is -2.39. The van der Waals surface area contributed by atoms with Crippen LogP contribution in [0.1, 0.15) is 56.4 Å². The number of halogens is 1. The van der Waals surface area contributed by atoms with Crippen LogP contribution in [0.2, 0.25) is 5.02 Å². The van der Waals surface area contributed by atoms with Crippen LogP contribution in [0.4, 0.5) is 22.2 Å². The van der Waals surface area contributed by atoms with Gasteiger partial charge in [-0.2, -0.15) is 9.40 Å². The fourth-order valence-corrected chi connectivity index (χ4v) is 10.1. The topological polar surface area (TPSA) is 149 Å². The van der Waals surface area contributed by atoms with E-state index >= 15 is 0 Å². The molecular formula is C38H47ClN10O4S. The number of nitrogens with zero attached hydrogens (tertiary/aromatic N) is 8. The third-order valence-electron chi connectivity index (χ3n) is 11.6. The Morgan fingerprint density at radius 3 is 2.35 bits per heavy atom. The van der Waals surface area contributed by atoms with Crippen molar-refractivity contribution < 1.29 is 18.0 Å². The minimum Gasteiger partial charge on any atom is -0.369 e. The van der Waals surface area contributed by atoms with Crippen molar-refractivity contribution in [2.24, 2.45) is 13.0 Å². The normalized spacial score (nSPS) is 22.5. The quantitative estimate of drug-likeness (QED) is 0.243. The minimum atomic E-state index is -3.61. The van der Waals surface area contributed by atoms with Crippen LogP contribution in [-0.2, 0) is 21.9 Å². The fourth-order valence-electron chi connectivity index (χ4n) is 8.51. The van der Waals surface area contributed by atoms with E-state index in [1.54, 1.807) is 27.7 Å². The Morgan fingerprint density at radius 2 is 1.63 bits per heavy atom. The summed E-state index contributed by atoms with van der Waals surface area (Å²) in [6, 6.07) is 13.6.